The Kier molecular flexibility index (Phi) is 4.57. The summed E-state index contributed by atoms with van der Waals surface area (Å²) in [6.45, 7) is 0.178. The number of nitrogens with two attached hydrogens (primary N) is 1. The van der Waals surface area contributed by atoms with Crippen molar-refractivity contribution in [2.75, 3.05) is 12.1 Å². The van der Waals surface area contributed by atoms with Crippen LogP contribution in [0.5, 0.6) is 5.75 Å². The van der Waals surface area contributed by atoms with Crippen LogP contribution in [0, 0.1) is 0 Å². The van der Waals surface area contributed by atoms with Gasteiger partial charge in [-0.15, -0.1) is 0 Å². The van der Waals surface area contributed by atoms with Crippen molar-refractivity contribution in [3.05, 3.63) is 60.2 Å². The second-order valence-electron chi connectivity index (χ2n) is 4.11. The van der Waals surface area contributed by atoms with E-state index < -0.39 is 6.09 Å². The van der Waals surface area contributed by atoms with Gasteiger partial charge in [0, 0.05) is 6.07 Å². The predicted octanol–water partition coefficient (Wildman–Crippen LogP) is 2.71. The van der Waals surface area contributed by atoms with E-state index in [1.165, 1.54) is 0 Å². The fraction of sp³-hybridized carbons (Fsp3) is 0.133. The largest absolute Gasteiger partial charge is 0.497 e. The number of nitrogens with zero attached hydrogens (tertiary/aromatic N) is 1. The molecule has 0 fully saturated rings. The van der Waals surface area contributed by atoms with Crippen molar-refractivity contribution in [2.24, 2.45) is 5.84 Å². The van der Waals surface area contributed by atoms with Gasteiger partial charge in [0.2, 0.25) is 0 Å². The number of hydrogen-bond acceptors (Lipinski definition) is 4. The second kappa shape index (κ2) is 6.58. The third-order valence-electron chi connectivity index (χ3n) is 2.73. The highest BCUT2D eigenvalue weighted by Crippen LogP contribution is 2.19. The van der Waals surface area contributed by atoms with Gasteiger partial charge in [-0.05, 0) is 17.7 Å². The lowest BCUT2D eigenvalue weighted by Crippen LogP contribution is -2.37. The second-order valence-corrected chi connectivity index (χ2v) is 4.11. The minimum atomic E-state index is -0.623. The highest BCUT2D eigenvalue weighted by atomic mass is 16.6. The van der Waals surface area contributed by atoms with Crippen LogP contribution in [-0.4, -0.2) is 13.2 Å². The Morgan fingerprint density at radius 3 is 2.60 bits per heavy atom. The summed E-state index contributed by atoms with van der Waals surface area (Å²) in [7, 11) is 1.55. The maximum absolute atomic E-state index is 11.9. The lowest BCUT2D eigenvalue weighted by Gasteiger charge is -2.17. The van der Waals surface area contributed by atoms with Crippen molar-refractivity contribution in [1.29, 1.82) is 0 Å². The smallest absolute Gasteiger partial charge is 0.429 e. The first-order chi connectivity index (χ1) is 9.70. The molecule has 0 saturated heterocycles. The molecule has 0 spiro atoms. The van der Waals surface area contributed by atoms with Crippen molar-refractivity contribution >= 4 is 11.8 Å². The molecule has 0 atom stereocenters. The summed E-state index contributed by atoms with van der Waals surface area (Å²) in [5.41, 5.74) is 1.40. The average molecular weight is 272 g/mol. The average Bonchev–Trinajstić information content (AvgIpc) is 2.53. The molecule has 0 aliphatic heterocycles. The molecule has 0 saturated carbocycles. The quantitative estimate of drug-likeness (QED) is 0.528. The molecule has 5 heteroatoms. The number of amides is 1. The molecule has 1 amide bonds. The summed E-state index contributed by atoms with van der Waals surface area (Å²) in [6, 6.07) is 16.3. The fourth-order valence-electron chi connectivity index (χ4n) is 1.65. The van der Waals surface area contributed by atoms with Gasteiger partial charge >= 0.3 is 6.09 Å². The molecule has 20 heavy (non-hydrogen) atoms. The third kappa shape index (κ3) is 3.49. The molecular formula is C15H16N2O3. The first-order valence-corrected chi connectivity index (χ1v) is 6.10. The van der Waals surface area contributed by atoms with Gasteiger partial charge in [0.05, 0.1) is 12.8 Å². The maximum atomic E-state index is 11.9. The standard InChI is InChI=1S/C15H16N2O3/c1-19-14-9-5-8-13(10-14)17(16)15(18)20-11-12-6-3-2-4-7-12/h2-10H,11,16H2,1H3. The van der Waals surface area contributed by atoms with Crippen LogP contribution in [0.25, 0.3) is 0 Å². The van der Waals surface area contributed by atoms with Gasteiger partial charge in [-0.25, -0.2) is 15.6 Å². The van der Waals surface area contributed by atoms with Crippen molar-refractivity contribution in [3.8, 4) is 5.75 Å². The van der Waals surface area contributed by atoms with Gasteiger partial charge in [-0.3, -0.25) is 0 Å². The lowest BCUT2D eigenvalue weighted by molar-refractivity contribution is 0.147. The Bertz CT molecular complexity index is 572. The molecule has 2 rings (SSSR count). The van der Waals surface area contributed by atoms with Crippen LogP contribution in [0.4, 0.5) is 10.5 Å². The van der Waals surface area contributed by atoms with Crippen LogP contribution >= 0.6 is 0 Å². The molecule has 104 valence electrons. The molecule has 0 aromatic heterocycles. The molecule has 2 N–H and O–H groups in total. The van der Waals surface area contributed by atoms with Gasteiger partial charge in [-0.1, -0.05) is 36.4 Å². The monoisotopic (exact) mass is 272 g/mol. The molecule has 0 aliphatic carbocycles. The Balaban J connectivity index is 1.98. The van der Waals surface area contributed by atoms with E-state index >= 15 is 0 Å². The van der Waals surface area contributed by atoms with E-state index in [1.54, 1.807) is 31.4 Å². The number of ether oxygens (including phenoxy) is 2. The van der Waals surface area contributed by atoms with E-state index in [-0.39, 0.29) is 6.61 Å². The van der Waals surface area contributed by atoms with E-state index in [0.717, 1.165) is 10.6 Å². The molecule has 0 bridgehead atoms. The Hall–Kier alpha value is -2.53. The van der Waals surface area contributed by atoms with E-state index in [1.807, 2.05) is 30.3 Å². The van der Waals surface area contributed by atoms with E-state index in [2.05, 4.69) is 0 Å². The first-order valence-electron chi connectivity index (χ1n) is 6.10. The third-order valence-corrected chi connectivity index (χ3v) is 2.73. The molecular weight excluding hydrogens is 256 g/mol. The van der Waals surface area contributed by atoms with Crippen LogP contribution in [0.1, 0.15) is 5.56 Å². The minimum Gasteiger partial charge on any atom is -0.497 e. The highest BCUT2D eigenvalue weighted by Gasteiger charge is 2.13. The molecule has 0 unspecified atom stereocenters. The Morgan fingerprint density at radius 2 is 1.90 bits per heavy atom. The summed E-state index contributed by atoms with van der Waals surface area (Å²) in [5, 5.41) is 0.950. The lowest BCUT2D eigenvalue weighted by atomic mass is 10.2. The van der Waals surface area contributed by atoms with E-state index in [0.29, 0.717) is 11.4 Å². The number of rotatable bonds is 4. The molecule has 2 aromatic carbocycles. The highest BCUT2D eigenvalue weighted by molar-refractivity contribution is 5.86. The molecule has 2 aromatic rings. The number of carbonyl (C=O) groups excluding carboxylic acids is 1. The molecule has 5 nitrogen and oxygen atoms in total. The van der Waals surface area contributed by atoms with Crippen molar-refractivity contribution in [1.82, 2.24) is 0 Å². The van der Waals surface area contributed by atoms with E-state index in [9.17, 15) is 4.79 Å². The van der Waals surface area contributed by atoms with E-state index in [4.69, 9.17) is 15.3 Å². The Labute approximate surface area is 117 Å². The Morgan fingerprint density at radius 1 is 1.15 bits per heavy atom. The molecule has 0 aliphatic rings. The zero-order chi connectivity index (χ0) is 14.4. The van der Waals surface area contributed by atoms with Crippen LogP contribution in [0.2, 0.25) is 0 Å². The van der Waals surface area contributed by atoms with Crippen molar-refractivity contribution < 1.29 is 14.3 Å². The fourth-order valence-corrected chi connectivity index (χ4v) is 1.65. The summed E-state index contributed by atoms with van der Waals surface area (Å²) in [4.78, 5) is 11.9. The first kappa shape index (κ1) is 13.9. The summed E-state index contributed by atoms with van der Waals surface area (Å²) in [6.07, 6.45) is -0.623. The number of hydrogen-bond donors (Lipinski definition) is 1. The van der Waals surface area contributed by atoms with Gasteiger partial charge < -0.3 is 9.47 Å². The van der Waals surface area contributed by atoms with Crippen LogP contribution < -0.4 is 15.6 Å². The topological polar surface area (TPSA) is 64.8 Å². The van der Waals surface area contributed by atoms with Crippen LogP contribution in [0.3, 0.4) is 0 Å². The summed E-state index contributed by atoms with van der Waals surface area (Å²) >= 11 is 0. The zero-order valence-electron chi connectivity index (χ0n) is 11.2. The maximum Gasteiger partial charge on any atom is 0.429 e. The number of anilines is 1. The van der Waals surface area contributed by atoms with Crippen LogP contribution in [-0.2, 0) is 11.3 Å². The number of methoxy groups -OCH3 is 1. The number of benzene rings is 2. The van der Waals surface area contributed by atoms with Gasteiger partial charge in [-0.2, -0.15) is 0 Å². The molecule has 0 radical (unpaired) electrons. The van der Waals surface area contributed by atoms with Crippen molar-refractivity contribution in [3.63, 3.8) is 0 Å². The van der Waals surface area contributed by atoms with Crippen molar-refractivity contribution in [2.45, 2.75) is 6.61 Å². The van der Waals surface area contributed by atoms with Crippen LogP contribution in [0.15, 0.2) is 54.6 Å². The SMILES string of the molecule is COc1cccc(N(N)C(=O)OCc2ccccc2)c1. The van der Waals surface area contributed by atoms with Gasteiger partial charge in [0.25, 0.3) is 0 Å². The van der Waals surface area contributed by atoms with Gasteiger partial charge in [0.1, 0.15) is 12.4 Å². The number of carbonyl (C=O) groups is 1. The molecule has 0 heterocycles. The zero-order valence-corrected chi connectivity index (χ0v) is 11.2. The van der Waals surface area contributed by atoms with Gasteiger partial charge in [0.15, 0.2) is 0 Å². The summed E-state index contributed by atoms with van der Waals surface area (Å²) < 4.78 is 10.2. The normalized spacial score (nSPS) is 9.90. The predicted molar refractivity (Wildman–Crippen MR) is 76.3 cm³/mol. The summed E-state index contributed by atoms with van der Waals surface area (Å²) in [5.74, 6) is 6.35. The minimum absolute atomic E-state index is 0.178. The number of hydrazine groups is 1.